The predicted octanol–water partition coefficient (Wildman–Crippen LogP) is 1.50. The molecule has 0 saturated carbocycles. The molecule has 0 bridgehead atoms. The number of nitrogens with zero attached hydrogens (tertiary/aromatic N) is 3. The molecule has 6 nitrogen and oxygen atoms in total. The summed E-state index contributed by atoms with van der Waals surface area (Å²) in [6, 6.07) is 0.347. The van der Waals surface area contributed by atoms with Gasteiger partial charge in [-0.05, 0) is 54.7 Å². The van der Waals surface area contributed by atoms with Crippen LogP contribution in [0.5, 0.6) is 0 Å². The van der Waals surface area contributed by atoms with Crippen LogP contribution < -0.4 is 10.6 Å². The van der Waals surface area contributed by atoms with E-state index in [2.05, 4.69) is 31.7 Å². The lowest BCUT2D eigenvalue weighted by atomic mass is 10.1. The molecular weight excluding hydrogens is 286 g/mol. The highest BCUT2D eigenvalue weighted by Crippen LogP contribution is 2.17. The number of hydrogen-bond acceptors (Lipinski definition) is 5. The fourth-order valence-corrected chi connectivity index (χ4v) is 3.32. The third-order valence-corrected chi connectivity index (χ3v) is 4.74. The van der Waals surface area contributed by atoms with Crippen molar-refractivity contribution in [1.82, 2.24) is 25.6 Å². The van der Waals surface area contributed by atoms with Crippen LogP contribution in [0, 0.1) is 6.92 Å². The van der Waals surface area contributed by atoms with Gasteiger partial charge in [-0.3, -0.25) is 4.79 Å². The molecule has 3 rings (SSSR count). The van der Waals surface area contributed by atoms with E-state index in [0.717, 1.165) is 31.5 Å². The number of nitrogens with one attached hydrogen (secondary N) is 2. The molecule has 1 saturated heterocycles. The third-order valence-electron chi connectivity index (χ3n) is 3.83. The lowest BCUT2D eigenvalue weighted by molar-refractivity contribution is 0.0946. The molecule has 1 amide bonds. The number of piperidine rings is 1. The Kier molecular flexibility index (Phi) is 4.31. The topological polar surface area (TPSA) is 71.8 Å². The lowest BCUT2D eigenvalue weighted by Gasteiger charge is -2.22. The van der Waals surface area contributed by atoms with E-state index < -0.39 is 0 Å². The monoisotopic (exact) mass is 305 g/mol. The molecular formula is C14H19N5OS. The van der Waals surface area contributed by atoms with Crippen molar-refractivity contribution in [3.8, 4) is 0 Å². The number of hydrogen-bond donors (Lipinski definition) is 2. The maximum atomic E-state index is 12.1. The van der Waals surface area contributed by atoms with Gasteiger partial charge in [0.25, 0.3) is 5.91 Å². The van der Waals surface area contributed by atoms with Crippen LogP contribution in [0.2, 0.25) is 0 Å². The number of rotatable bonds is 4. The molecule has 0 aromatic carbocycles. The second-order valence-corrected chi connectivity index (χ2v) is 6.07. The Morgan fingerprint density at radius 3 is 3.00 bits per heavy atom. The molecule has 0 unspecified atom stereocenters. The Labute approximate surface area is 127 Å². The summed E-state index contributed by atoms with van der Waals surface area (Å²) in [6.45, 7) is 4.56. The number of carbonyl (C=O) groups is 1. The van der Waals surface area contributed by atoms with Crippen molar-refractivity contribution in [2.24, 2.45) is 0 Å². The zero-order valence-electron chi connectivity index (χ0n) is 12.0. The molecule has 1 aliphatic heterocycles. The van der Waals surface area contributed by atoms with Gasteiger partial charge in [0.15, 0.2) is 5.69 Å². The first-order valence-electron chi connectivity index (χ1n) is 7.16. The fourth-order valence-electron chi connectivity index (χ4n) is 2.46. The summed E-state index contributed by atoms with van der Waals surface area (Å²) in [5, 5.41) is 18.4. The van der Waals surface area contributed by atoms with Crippen LogP contribution in [-0.2, 0) is 6.54 Å². The zero-order valence-corrected chi connectivity index (χ0v) is 12.8. The summed E-state index contributed by atoms with van der Waals surface area (Å²) < 4.78 is 1.82. The van der Waals surface area contributed by atoms with Crippen LogP contribution in [0.15, 0.2) is 17.0 Å². The summed E-state index contributed by atoms with van der Waals surface area (Å²) >= 11 is 1.65. The maximum absolute atomic E-state index is 12.1. The van der Waals surface area contributed by atoms with Gasteiger partial charge in [0.05, 0.1) is 12.2 Å². The van der Waals surface area contributed by atoms with Crippen molar-refractivity contribution in [1.29, 1.82) is 0 Å². The standard InChI is InChI=1S/C14H19N5OS/c1-10-8-21-9-11(10)6-16-14(20)13-7-19(18-17-13)12-2-4-15-5-3-12/h7-9,12,15H,2-6H2,1H3,(H,16,20). The van der Waals surface area contributed by atoms with Gasteiger partial charge in [-0.1, -0.05) is 5.21 Å². The normalized spacial score (nSPS) is 16.0. The molecule has 7 heteroatoms. The molecule has 2 N–H and O–H groups in total. The van der Waals surface area contributed by atoms with Gasteiger partial charge in [-0.25, -0.2) is 4.68 Å². The lowest BCUT2D eigenvalue weighted by Crippen LogP contribution is -2.29. The number of aromatic nitrogens is 3. The third kappa shape index (κ3) is 3.30. The first kappa shape index (κ1) is 14.2. The number of carbonyl (C=O) groups excluding carboxylic acids is 1. The SMILES string of the molecule is Cc1cscc1CNC(=O)c1cn(C2CCNCC2)nn1. The minimum absolute atomic E-state index is 0.166. The summed E-state index contributed by atoms with van der Waals surface area (Å²) in [6.07, 6.45) is 3.81. The van der Waals surface area contributed by atoms with E-state index in [0.29, 0.717) is 18.3 Å². The number of amides is 1. The van der Waals surface area contributed by atoms with E-state index in [1.807, 2.05) is 11.6 Å². The average molecular weight is 305 g/mol. The van der Waals surface area contributed by atoms with Gasteiger partial charge < -0.3 is 10.6 Å². The Morgan fingerprint density at radius 1 is 1.48 bits per heavy atom. The van der Waals surface area contributed by atoms with Gasteiger partial charge in [0.2, 0.25) is 0 Å². The van der Waals surface area contributed by atoms with Crippen molar-refractivity contribution in [3.63, 3.8) is 0 Å². The van der Waals surface area contributed by atoms with E-state index in [1.165, 1.54) is 5.56 Å². The smallest absolute Gasteiger partial charge is 0.273 e. The van der Waals surface area contributed by atoms with Crippen LogP contribution in [0.4, 0.5) is 0 Å². The molecule has 0 radical (unpaired) electrons. The van der Waals surface area contributed by atoms with E-state index in [9.17, 15) is 4.79 Å². The molecule has 112 valence electrons. The summed E-state index contributed by atoms with van der Waals surface area (Å²) in [4.78, 5) is 12.1. The van der Waals surface area contributed by atoms with Crippen molar-refractivity contribution >= 4 is 17.2 Å². The van der Waals surface area contributed by atoms with Gasteiger partial charge in [-0.15, -0.1) is 5.10 Å². The quantitative estimate of drug-likeness (QED) is 0.898. The van der Waals surface area contributed by atoms with Crippen LogP contribution in [0.3, 0.4) is 0 Å². The van der Waals surface area contributed by atoms with Crippen LogP contribution >= 0.6 is 11.3 Å². The fraction of sp³-hybridized carbons (Fsp3) is 0.500. The second kappa shape index (κ2) is 6.36. The summed E-state index contributed by atoms with van der Waals surface area (Å²) in [7, 11) is 0. The van der Waals surface area contributed by atoms with Gasteiger partial charge in [0, 0.05) is 6.54 Å². The van der Waals surface area contributed by atoms with Crippen LogP contribution in [0.25, 0.3) is 0 Å². The van der Waals surface area contributed by atoms with E-state index in [-0.39, 0.29) is 5.91 Å². The molecule has 0 atom stereocenters. The highest BCUT2D eigenvalue weighted by molar-refractivity contribution is 7.08. The number of thiophene rings is 1. The van der Waals surface area contributed by atoms with Gasteiger partial charge in [-0.2, -0.15) is 11.3 Å². The highest BCUT2D eigenvalue weighted by atomic mass is 32.1. The van der Waals surface area contributed by atoms with Crippen LogP contribution in [-0.4, -0.2) is 34.0 Å². The number of aryl methyl sites for hydroxylation is 1. The van der Waals surface area contributed by atoms with Crippen LogP contribution in [0.1, 0.15) is 40.5 Å². The van der Waals surface area contributed by atoms with E-state index >= 15 is 0 Å². The largest absolute Gasteiger partial charge is 0.346 e. The maximum Gasteiger partial charge on any atom is 0.273 e. The second-order valence-electron chi connectivity index (χ2n) is 5.33. The highest BCUT2D eigenvalue weighted by Gasteiger charge is 2.18. The molecule has 2 aromatic heterocycles. The van der Waals surface area contributed by atoms with Crippen molar-refractivity contribution in [2.45, 2.75) is 32.4 Å². The van der Waals surface area contributed by atoms with Crippen molar-refractivity contribution in [2.75, 3.05) is 13.1 Å². The Balaban J connectivity index is 1.60. The minimum Gasteiger partial charge on any atom is -0.346 e. The zero-order chi connectivity index (χ0) is 14.7. The Bertz CT molecular complexity index is 614. The first-order valence-corrected chi connectivity index (χ1v) is 8.11. The molecule has 0 aliphatic carbocycles. The molecule has 0 spiro atoms. The Hall–Kier alpha value is -1.73. The molecule has 21 heavy (non-hydrogen) atoms. The Morgan fingerprint density at radius 2 is 2.29 bits per heavy atom. The molecule has 1 aliphatic rings. The predicted molar refractivity (Wildman–Crippen MR) is 81.4 cm³/mol. The van der Waals surface area contributed by atoms with Gasteiger partial charge >= 0.3 is 0 Å². The van der Waals surface area contributed by atoms with Crippen molar-refractivity contribution in [3.05, 3.63) is 33.8 Å². The molecule has 2 aromatic rings. The average Bonchev–Trinajstić information content (AvgIpc) is 3.15. The minimum atomic E-state index is -0.166. The van der Waals surface area contributed by atoms with Crippen molar-refractivity contribution < 1.29 is 4.79 Å². The van der Waals surface area contributed by atoms with Gasteiger partial charge in [0.1, 0.15) is 0 Å². The first-order chi connectivity index (χ1) is 10.2. The molecule has 3 heterocycles. The summed E-state index contributed by atoms with van der Waals surface area (Å²) in [5.41, 5.74) is 2.75. The summed E-state index contributed by atoms with van der Waals surface area (Å²) in [5.74, 6) is -0.166. The van der Waals surface area contributed by atoms with E-state index in [1.54, 1.807) is 17.5 Å². The van der Waals surface area contributed by atoms with E-state index in [4.69, 9.17) is 0 Å². The molecule has 1 fully saturated rings.